The first-order valence-corrected chi connectivity index (χ1v) is 7.49. The van der Waals surface area contributed by atoms with Crippen molar-refractivity contribution in [2.24, 2.45) is 5.92 Å². The fourth-order valence-corrected chi connectivity index (χ4v) is 3.25. The lowest BCUT2D eigenvalue weighted by Crippen LogP contribution is -2.35. The lowest BCUT2D eigenvalue weighted by molar-refractivity contribution is -0.129. The van der Waals surface area contributed by atoms with Crippen molar-refractivity contribution in [1.82, 2.24) is 4.90 Å². The third kappa shape index (κ3) is 3.06. The fraction of sp³-hybridized carbons (Fsp3) is 0.500. The van der Waals surface area contributed by atoms with Gasteiger partial charge in [-0.15, -0.1) is 0 Å². The number of anilines is 1. The van der Waals surface area contributed by atoms with Gasteiger partial charge in [0.25, 0.3) is 0 Å². The SMILES string of the molecule is O=C(Nc1ccc(F)cc1)C1CC(=O)N(C2CCCC2)C1. The summed E-state index contributed by atoms with van der Waals surface area (Å²) in [4.78, 5) is 26.2. The average molecular weight is 290 g/mol. The minimum Gasteiger partial charge on any atom is -0.339 e. The van der Waals surface area contributed by atoms with Crippen LogP contribution < -0.4 is 5.32 Å². The Morgan fingerprint density at radius 2 is 1.86 bits per heavy atom. The summed E-state index contributed by atoms with van der Waals surface area (Å²) in [5, 5.41) is 2.76. The van der Waals surface area contributed by atoms with Crippen LogP contribution in [0.25, 0.3) is 0 Å². The second-order valence-electron chi connectivity index (χ2n) is 5.88. The summed E-state index contributed by atoms with van der Waals surface area (Å²) in [6.07, 6.45) is 4.72. The predicted molar refractivity (Wildman–Crippen MR) is 77.1 cm³/mol. The monoisotopic (exact) mass is 290 g/mol. The first kappa shape index (κ1) is 14.0. The van der Waals surface area contributed by atoms with Crippen LogP contribution in [-0.4, -0.2) is 29.3 Å². The zero-order valence-electron chi connectivity index (χ0n) is 11.8. The van der Waals surface area contributed by atoms with E-state index < -0.39 is 0 Å². The van der Waals surface area contributed by atoms with Crippen molar-refractivity contribution in [2.75, 3.05) is 11.9 Å². The molecule has 1 saturated carbocycles. The van der Waals surface area contributed by atoms with Gasteiger partial charge >= 0.3 is 0 Å². The van der Waals surface area contributed by atoms with Crippen LogP contribution in [0.4, 0.5) is 10.1 Å². The lowest BCUT2D eigenvalue weighted by Gasteiger charge is -2.23. The Labute approximate surface area is 123 Å². The number of carbonyl (C=O) groups is 2. The highest BCUT2D eigenvalue weighted by Gasteiger charge is 2.38. The van der Waals surface area contributed by atoms with Crippen LogP contribution in [0, 0.1) is 11.7 Å². The number of rotatable bonds is 3. The van der Waals surface area contributed by atoms with E-state index in [2.05, 4.69) is 5.32 Å². The van der Waals surface area contributed by atoms with E-state index in [1.807, 2.05) is 4.90 Å². The second-order valence-corrected chi connectivity index (χ2v) is 5.88. The zero-order chi connectivity index (χ0) is 14.8. The van der Waals surface area contributed by atoms with Gasteiger partial charge in [0.2, 0.25) is 11.8 Å². The number of nitrogens with zero attached hydrogens (tertiary/aromatic N) is 1. The van der Waals surface area contributed by atoms with E-state index in [0.717, 1.165) is 12.8 Å². The first-order chi connectivity index (χ1) is 10.1. The van der Waals surface area contributed by atoms with Crippen LogP contribution in [0.2, 0.25) is 0 Å². The summed E-state index contributed by atoms with van der Waals surface area (Å²) < 4.78 is 12.8. The summed E-state index contributed by atoms with van der Waals surface area (Å²) in [5.74, 6) is -0.712. The molecule has 1 unspecified atom stereocenters. The number of benzene rings is 1. The Hall–Kier alpha value is -1.91. The summed E-state index contributed by atoms with van der Waals surface area (Å²) in [5.41, 5.74) is 0.563. The highest BCUT2D eigenvalue weighted by atomic mass is 19.1. The molecule has 1 aliphatic heterocycles. The number of likely N-dealkylation sites (tertiary alicyclic amines) is 1. The van der Waals surface area contributed by atoms with Crippen molar-refractivity contribution >= 4 is 17.5 Å². The molecular formula is C16H19FN2O2. The van der Waals surface area contributed by atoms with Gasteiger partial charge in [0.15, 0.2) is 0 Å². The maximum atomic E-state index is 12.8. The van der Waals surface area contributed by atoms with E-state index in [1.165, 1.54) is 37.1 Å². The van der Waals surface area contributed by atoms with E-state index in [1.54, 1.807) is 0 Å². The van der Waals surface area contributed by atoms with Gasteiger partial charge in [-0.1, -0.05) is 12.8 Å². The number of carbonyl (C=O) groups excluding carboxylic acids is 2. The van der Waals surface area contributed by atoms with Gasteiger partial charge in [-0.2, -0.15) is 0 Å². The lowest BCUT2D eigenvalue weighted by atomic mass is 10.1. The second kappa shape index (κ2) is 5.84. The molecule has 2 aliphatic rings. The van der Waals surface area contributed by atoms with Crippen molar-refractivity contribution in [2.45, 2.75) is 38.1 Å². The molecule has 21 heavy (non-hydrogen) atoms. The average Bonchev–Trinajstić information content (AvgIpc) is 3.10. The first-order valence-electron chi connectivity index (χ1n) is 7.49. The predicted octanol–water partition coefficient (Wildman–Crippen LogP) is 2.56. The minimum atomic E-state index is -0.337. The normalized spacial score (nSPS) is 22.8. The van der Waals surface area contributed by atoms with Gasteiger partial charge in [-0.3, -0.25) is 9.59 Å². The molecule has 1 atom stereocenters. The Morgan fingerprint density at radius 1 is 1.19 bits per heavy atom. The van der Waals surface area contributed by atoms with Crippen LogP contribution in [0.5, 0.6) is 0 Å². The molecule has 1 aromatic rings. The molecule has 0 bridgehead atoms. The van der Waals surface area contributed by atoms with E-state index in [0.29, 0.717) is 18.3 Å². The summed E-state index contributed by atoms with van der Waals surface area (Å²) in [6, 6.07) is 5.99. The van der Waals surface area contributed by atoms with Crippen LogP contribution >= 0.6 is 0 Å². The molecule has 5 heteroatoms. The summed E-state index contributed by atoms with van der Waals surface area (Å²) in [7, 11) is 0. The third-order valence-corrected chi connectivity index (χ3v) is 4.41. The van der Waals surface area contributed by atoms with Gasteiger partial charge in [0.05, 0.1) is 5.92 Å². The van der Waals surface area contributed by atoms with Crippen molar-refractivity contribution in [3.8, 4) is 0 Å². The molecule has 3 rings (SSSR count). The summed E-state index contributed by atoms with van der Waals surface area (Å²) in [6.45, 7) is 0.510. The number of nitrogens with one attached hydrogen (secondary N) is 1. The molecule has 112 valence electrons. The molecule has 0 radical (unpaired) electrons. The molecule has 2 fully saturated rings. The third-order valence-electron chi connectivity index (χ3n) is 4.41. The molecule has 0 aromatic heterocycles. The standard InChI is InChI=1S/C16H19FN2O2/c17-12-5-7-13(8-6-12)18-16(21)11-9-15(20)19(10-11)14-3-1-2-4-14/h5-8,11,14H,1-4,9-10H2,(H,18,21). The van der Waals surface area contributed by atoms with Crippen LogP contribution in [0.15, 0.2) is 24.3 Å². The topological polar surface area (TPSA) is 49.4 Å². The van der Waals surface area contributed by atoms with Crippen LogP contribution in [0.1, 0.15) is 32.1 Å². The number of halogens is 1. The van der Waals surface area contributed by atoms with Crippen molar-refractivity contribution in [1.29, 1.82) is 0 Å². The molecule has 2 amide bonds. The quantitative estimate of drug-likeness (QED) is 0.930. The van der Waals surface area contributed by atoms with Gasteiger partial charge in [-0.05, 0) is 37.1 Å². The van der Waals surface area contributed by atoms with E-state index >= 15 is 0 Å². The Bertz CT molecular complexity index is 538. The number of hydrogen-bond acceptors (Lipinski definition) is 2. The van der Waals surface area contributed by atoms with Gasteiger partial charge in [-0.25, -0.2) is 4.39 Å². The number of hydrogen-bond donors (Lipinski definition) is 1. The van der Waals surface area contributed by atoms with Gasteiger partial charge < -0.3 is 10.2 Å². The summed E-state index contributed by atoms with van der Waals surface area (Å²) >= 11 is 0. The van der Waals surface area contributed by atoms with E-state index in [4.69, 9.17) is 0 Å². The van der Waals surface area contributed by atoms with Crippen molar-refractivity contribution in [3.05, 3.63) is 30.1 Å². The van der Waals surface area contributed by atoms with Crippen molar-refractivity contribution < 1.29 is 14.0 Å². The highest BCUT2D eigenvalue weighted by Crippen LogP contribution is 2.29. The zero-order valence-corrected chi connectivity index (χ0v) is 11.8. The van der Waals surface area contributed by atoms with Crippen LogP contribution in [0.3, 0.4) is 0 Å². The minimum absolute atomic E-state index is 0.0844. The van der Waals surface area contributed by atoms with E-state index in [9.17, 15) is 14.0 Å². The Morgan fingerprint density at radius 3 is 2.52 bits per heavy atom. The smallest absolute Gasteiger partial charge is 0.229 e. The molecule has 1 N–H and O–H groups in total. The molecule has 1 aliphatic carbocycles. The van der Waals surface area contributed by atoms with Gasteiger partial charge in [0, 0.05) is 24.7 Å². The molecular weight excluding hydrogens is 271 g/mol. The van der Waals surface area contributed by atoms with Crippen molar-refractivity contribution in [3.63, 3.8) is 0 Å². The fourth-order valence-electron chi connectivity index (χ4n) is 3.25. The Kier molecular flexibility index (Phi) is 3.90. The van der Waals surface area contributed by atoms with Gasteiger partial charge in [0.1, 0.15) is 5.82 Å². The number of amides is 2. The highest BCUT2D eigenvalue weighted by molar-refractivity contribution is 5.97. The molecule has 1 aromatic carbocycles. The Balaban J connectivity index is 1.60. The molecule has 1 saturated heterocycles. The van der Waals surface area contributed by atoms with Crippen LogP contribution in [-0.2, 0) is 9.59 Å². The molecule has 0 spiro atoms. The largest absolute Gasteiger partial charge is 0.339 e. The molecule has 1 heterocycles. The maximum Gasteiger partial charge on any atom is 0.229 e. The molecule has 4 nitrogen and oxygen atoms in total. The maximum absolute atomic E-state index is 12.8. The van der Waals surface area contributed by atoms with E-state index in [-0.39, 0.29) is 30.0 Å².